The number of halogens is 1. The molecule has 0 spiro atoms. The number of rotatable bonds is 7. The minimum Gasteiger partial charge on any atom is -0.497 e. The van der Waals surface area contributed by atoms with E-state index in [1.54, 1.807) is 18.2 Å². The minimum atomic E-state index is -0.255. The maximum Gasteiger partial charge on any atom is 0.242 e. The standard InChI is InChI=1S/C25H22ClN3O2S/c1-31-22-13-9-19(10-14-22)16-27-28-25-29(17-20-5-3-2-4-6-20)24(30)23(32-25)15-18-7-11-21(26)12-8-18/h2-14,16,23H,15,17H2,1H3/b27-16+,28-25+. The first-order valence-electron chi connectivity index (χ1n) is 10.1. The molecule has 162 valence electrons. The van der Waals surface area contributed by atoms with Crippen molar-refractivity contribution in [1.82, 2.24) is 4.90 Å². The molecule has 1 atom stereocenters. The van der Waals surface area contributed by atoms with Gasteiger partial charge in [-0.25, -0.2) is 0 Å². The second-order valence-electron chi connectivity index (χ2n) is 7.25. The number of nitrogens with zero attached hydrogens (tertiary/aromatic N) is 3. The minimum absolute atomic E-state index is 0.0344. The molecule has 0 aliphatic carbocycles. The average molecular weight is 464 g/mol. The van der Waals surface area contributed by atoms with Crippen molar-refractivity contribution in [3.8, 4) is 5.75 Å². The second kappa shape index (κ2) is 10.5. The van der Waals surface area contributed by atoms with E-state index in [4.69, 9.17) is 16.3 Å². The van der Waals surface area contributed by atoms with Gasteiger partial charge >= 0.3 is 0 Å². The molecule has 5 nitrogen and oxygen atoms in total. The van der Waals surface area contributed by atoms with E-state index in [0.29, 0.717) is 23.2 Å². The molecule has 7 heteroatoms. The molecule has 0 bridgehead atoms. The van der Waals surface area contributed by atoms with Crippen LogP contribution in [-0.4, -0.2) is 34.5 Å². The highest BCUT2D eigenvalue weighted by Crippen LogP contribution is 2.31. The maximum atomic E-state index is 13.2. The van der Waals surface area contributed by atoms with Gasteiger partial charge in [0.05, 0.1) is 25.1 Å². The van der Waals surface area contributed by atoms with Crippen LogP contribution in [0.25, 0.3) is 0 Å². The van der Waals surface area contributed by atoms with Crippen LogP contribution in [0.4, 0.5) is 0 Å². The zero-order chi connectivity index (χ0) is 22.3. The van der Waals surface area contributed by atoms with E-state index in [0.717, 1.165) is 22.4 Å². The van der Waals surface area contributed by atoms with Crippen LogP contribution in [0.15, 0.2) is 89.1 Å². The van der Waals surface area contributed by atoms with E-state index < -0.39 is 0 Å². The van der Waals surface area contributed by atoms with Gasteiger partial charge in [0.2, 0.25) is 5.91 Å². The van der Waals surface area contributed by atoms with Crippen LogP contribution in [0.2, 0.25) is 5.02 Å². The zero-order valence-corrected chi connectivity index (χ0v) is 19.1. The highest BCUT2D eigenvalue weighted by Gasteiger charge is 2.38. The van der Waals surface area contributed by atoms with Crippen LogP contribution >= 0.6 is 23.4 Å². The number of amides is 1. The fraction of sp³-hybridized carbons (Fsp3) is 0.160. The molecule has 0 radical (unpaired) electrons. The van der Waals surface area contributed by atoms with E-state index in [1.807, 2.05) is 78.9 Å². The van der Waals surface area contributed by atoms with Crippen molar-refractivity contribution in [1.29, 1.82) is 0 Å². The molecule has 4 rings (SSSR count). The Morgan fingerprint density at radius 3 is 2.41 bits per heavy atom. The van der Waals surface area contributed by atoms with Gasteiger partial charge in [-0.3, -0.25) is 9.69 Å². The van der Waals surface area contributed by atoms with Crippen LogP contribution in [0.1, 0.15) is 16.7 Å². The lowest BCUT2D eigenvalue weighted by molar-refractivity contribution is -0.126. The number of carbonyl (C=O) groups is 1. The third kappa shape index (κ3) is 5.58. The van der Waals surface area contributed by atoms with Gasteiger partial charge < -0.3 is 4.74 Å². The number of hydrogen-bond donors (Lipinski definition) is 0. The summed E-state index contributed by atoms with van der Waals surface area (Å²) >= 11 is 7.44. The Labute approximate surface area is 196 Å². The number of ether oxygens (including phenoxy) is 1. The molecular formula is C25H22ClN3O2S. The molecule has 1 fully saturated rings. The third-order valence-electron chi connectivity index (χ3n) is 5.00. The van der Waals surface area contributed by atoms with E-state index in [-0.39, 0.29) is 11.2 Å². The van der Waals surface area contributed by atoms with Gasteiger partial charge in [-0.15, -0.1) is 5.10 Å². The zero-order valence-electron chi connectivity index (χ0n) is 17.5. The molecule has 1 saturated heterocycles. The summed E-state index contributed by atoms with van der Waals surface area (Å²) in [6.07, 6.45) is 2.28. The first kappa shape index (κ1) is 22.1. The number of thioether (sulfide) groups is 1. The molecule has 3 aromatic carbocycles. The summed E-state index contributed by atoms with van der Waals surface area (Å²) in [5.74, 6) is 0.816. The Bertz CT molecular complexity index is 1120. The Morgan fingerprint density at radius 1 is 1.00 bits per heavy atom. The van der Waals surface area contributed by atoms with Crippen molar-refractivity contribution in [2.75, 3.05) is 7.11 Å². The normalized spacial score (nSPS) is 17.4. The molecule has 3 aromatic rings. The summed E-state index contributed by atoms with van der Waals surface area (Å²) in [4.78, 5) is 14.9. The lowest BCUT2D eigenvalue weighted by Crippen LogP contribution is -2.32. The van der Waals surface area contributed by atoms with Gasteiger partial charge in [-0.1, -0.05) is 65.8 Å². The SMILES string of the molecule is COc1ccc(/C=N/N=C2/SC(Cc3ccc(Cl)cc3)C(=O)N2Cc2ccccc2)cc1. The molecule has 0 aromatic heterocycles. The van der Waals surface area contributed by atoms with Crippen LogP contribution in [-0.2, 0) is 17.8 Å². The molecule has 0 N–H and O–H groups in total. The molecule has 1 aliphatic rings. The Hall–Kier alpha value is -3.09. The number of amidine groups is 1. The number of benzene rings is 3. The van der Waals surface area contributed by atoms with Gasteiger partial charge in [0.15, 0.2) is 5.17 Å². The first-order chi connectivity index (χ1) is 15.6. The summed E-state index contributed by atoms with van der Waals surface area (Å²) in [5.41, 5.74) is 3.00. The second-order valence-corrected chi connectivity index (χ2v) is 8.85. The highest BCUT2D eigenvalue weighted by molar-refractivity contribution is 8.15. The van der Waals surface area contributed by atoms with Crippen LogP contribution in [0.5, 0.6) is 5.75 Å². The highest BCUT2D eigenvalue weighted by atomic mass is 35.5. The van der Waals surface area contributed by atoms with Crippen LogP contribution < -0.4 is 4.74 Å². The number of methoxy groups -OCH3 is 1. The topological polar surface area (TPSA) is 54.3 Å². The fourth-order valence-corrected chi connectivity index (χ4v) is 4.56. The Morgan fingerprint density at radius 2 is 1.72 bits per heavy atom. The van der Waals surface area contributed by atoms with Gasteiger partial charge in [-0.05, 0) is 59.5 Å². The summed E-state index contributed by atoms with van der Waals surface area (Å²) in [6.45, 7) is 0.459. The maximum absolute atomic E-state index is 13.2. The summed E-state index contributed by atoms with van der Waals surface area (Å²) < 4.78 is 5.18. The lowest BCUT2D eigenvalue weighted by Gasteiger charge is -2.16. The number of hydrogen-bond acceptors (Lipinski definition) is 5. The van der Waals surface area contributed by atoms with Crippen molar-refractivity contribution in [3.63, 3.8) is 0 Å². The Balaban J connectivity index is 1.54. The molecule has 0 saturated carbocycles. The van der Waals surface area contributed by atoms with E-state index in [2.05, 4.69) is 10.2 Å². The molecule has 32 heavy (non-hydrogen) atoms. The first-order valence-corrected chi connectivity index (χ1v) is 11.4. The van der Waals surface area contributed by atoms with Crippen LogP contribution in [0, 0.1) is 0 Å². The smallest absolute Gasteiger partial charge is 0.242 e. The predicted molar refractivity (Wildman–Crippen MR) is 132 cm³/mol. The molecular weight excluding hydrogens is 442 g/mol. The van der Waals surface area contributed by atoms with Gasteiger partial charge in [0, 0.05) is 5.02 Å². The average Bonchev–Trinajstić information content (AvgIpc) is 3.11. The van der Waals surface area contributed by atoms with Gasteiger partial charge in [0.25, 0.3) is 0 Å². The largest absolute Gasteiger partial charge is 0.497 e. The number of carbonyl (C=O) groups excluding carboxylic acids is 1. The van der Waals surface area contributed by atoms with E-state index >= 15 is 0 Å². The fourth-order valence-electron chi connectivity index (χ4n) is 3.30. The van der Waals surface area contributed by atoms with E-state index in [9.17, 15) is 4.79 Å². The molecule has 1 heterocycles. The molecule has 1 aliphatic heterocycles. The quantitative estimate of drug-likeness (QED) is 0.347. The van der Waals surface area contributed by atoms with Gasteiger partial charge in [-0.2, -0.15) is 5.10 Å². The van der Waals surface area contributed by atoms with Gasteiger partial charge in [0.1, 0.15) is 5.75 Å². The van der Waals surface area contributed by atoms with E-state index in [1.165, 1.54) is 11.8 Å². The van der Waals surface area contributed by atoms with Crippen molar-refractivity contribution >= 4 is 40.7 Å². The Kier molecular flexibility index (Phi) is 7.24. The summed E-state index contributed by atoms with van der Waals surface area (Å²) in [6, 6.07) is 25.0. The van der Waals surface area contributed by atoms with Crippen molar-refractivity contribution in [3.05, 3.63) is 101 Å². The van der Waals surface area contributed by atoms with Crippen molar-refractivity contribution < 1.29 is 9.53 Å². The molecule has 1 amide bonds. The molecule has 1 unspecified atom stereocenters. The predicted octanol–water partition coefficient (Wildman–Crippen LogP) is 5.43. The summed E-state index contributed by atoms with van der Waals surface area (Å²) in [5, 5.41) is 9.67. The monoisotopic (exact) mass is 463 g/mol. The summed E-state index contributed by atoms with van der Waals surface area (Å²) in [7, 11) is 1.63. The van der Waals surface area contributed by atoms with Crippen LogP contribution in [0.3, 0.4) is 0 Å². The lowest BCUT2D eigenvalue weighted by atomic mass is 10.1. The third-order valence-corrected chi connectivity index (χ3v) is 6.42. The van der Waals surface area contributed by atoms with Crippen molar-refractivity contribution in [2.24, 2.45) is 10.2 Å². The van der Waals surface area contributed by atoms with Crippen molar-refractivity contribution in [2.45, 2.75) is 18.2 Å².